The van der Waals surface area contributed by atoms with Crippen molar-refractivity contribution >= 4 is 10.9 Å². The summed E-state index contributed by atoms with van der Waals surface area (Å²) in [6.07, 6.45) is 4.03. The summed E-state index contributed by atoms with van der Waals surface area (Å²) in [6, 6.07) is 13.5. The van der Waals surface area contributed by atoms with E-state index in [1.165, 1.54) is 0 Å². The first kappa shape index (κ1) is 22.8. The molecule has 9 nitrogen and oxygen atoms in total. The maximum absolute atomic E-state index is 13.1. The Kier molecular flexibility index (Phi) is 6.33. The van der Waals surface area contributed by atoms with Crippen molar-refractivity contribution in [3.8, 4) is 0 Å². The van der Waals surface area contributed by atoms with Crippen molar-refractivity contribution in [3.05, 3.63) is 99.4 Å². The van der Waals surface area contributed by atoms with Crippen LogP contribution in [0.15, 0.2) is 68.6 Å². The zero-order valence-corrected chi connectivity index (χ0v) is 20.1. The number of furan rings is 2. The van der Waals surface area contributed by atoms with Gasteiger partial charge in [0.1, 0.15) is 18.1 Å². The summed E-state index contributed by atoms with van der Waals surface area (Å²) >= 11 is 0. The number of hydrogen-bond donors (Lipinski definition) is 1. The molecular formula is C26H28N6O3. The molecule has 0 saturated carbocycles. The number of tetrazole rings is 1. The molecule has 0 radical (unpaired) electrons. The van der Waals surface area contributed by atoms with Crippen LogP contribution in [0, 0.1) is 13.8 Å². The van der Waals surface area contributed by atoms with E-state index in [9.17, 15) is 4.79 Å². The summed E-state index contributed by atoms with van der Waals surface area (Å²) in [4.78, 5) is 18.4. The highest BCUT2D eigenvalue weighted by molar-refractivity contribution is 5.85. The van der Waals surface area contributed by atoms with E-state index in [-0.39, 0.29) is 11.6 Å². The van der Waals surface area contributed by atoms with E-state index < -0.39 is 0 Å². The van der Waals surface area contributed by atoms with Crippen LogP contribution in [0.25, 0.3) is 10.9 Å². The number of pyridine rings is 1. The Labute approximate surface area is 202 Å². The second-order valence-corrected chi connectivity index (χ2v) is 8.79. The molecule has 0 aliphatic carbocycles. The standard InChI is InChI=1S/C26H28N6O3/c1-4-23(25-28-29-30-32(25)16-21-8-6-12-35-21)31(15-20-7-5-11-34-20)14-19-13-22-17(2)9-10-18(3)24(22)27-26(19)33/h5-13,23H,4,14-16H2,1-3H3,(H,27,33)/t23-/m0/s1. The predicted molar refractivity (Wildman–Crippen MR) is 131 cm³/mol. The molecule has 0 spiro atoms. The smallest absolute Gasteiger partial charge is 0.252 e. The predicted octanol–water partition coefficient (Wildman–Crippen LogP) is 4.52. The van der Waals surface area contributed by atoms with Gasteiger partial charge in [-0.3, -0.25) is 9.69 Å². The van der Waals surface area contributed by atoms with E-state index in [1.807, 2.05) is 43.3 Å². The first-order chi connectivity index (χ1) is 17.0. The van der Waals surface area contributed by atoms with Crippen molar-refractivity contribution in [2.75, 3.05) is 0 Å². The van der Waals surface area contributed by atoms with Crippen LogP contribution in [-0.2, 0) is 19.6 Å². The molecule has 5 aromatic rings. The van der Waals surface area contributed by atoms with Crippen molar-refractivity contribution in [2.24, 2.45) is 0 Å². The summed E-state index contributed by atoms with van der Waals surface area (Å²) < 4.78 is 12.9. The minimum atomic E-state index is -0.154. The van der Waals surface area contributed by atoms with Gasteiger partial charge in [-0.25, -0.2) is 4.68 Å². The van der Waals surface area contributed by atoms with E-state index in [4.69, 9.17) is 8.83 Å². The van der Waals surface area contributed by atoms with Crippen LogP contribution in [-0.4, -0.2) is 30.1 Å². The molecule has 9 heteroatoms. The Bertz CT molecular complexity index is 1470. The molecule has 1 atom stereocenters. The van der Waals surface area contributed by atoms with Gasteiger partial charge >= 0.3 is 0 Å². The molecule has 5 rings (SSSR count). The molecule has 0 aliphatic rings. The molecule has 1 N–H and O–H groups in total. The fraction of sp³-hybridized carbons (Fsp3) is 0.308. The molecule has 35 heavy (non-hydrogen) atoms. The highest BCUT2D eigenvalue weighted by Crippen LogP contribution is 2.28. The fourth-order valence-corrected chi connectivity index (χ4v) is 4.55. The van der Waals surface area contributed by atoms with E-state index in [0.29, 0.717) is 31.0 Å². The van der Waals surface area contributed by atoms with Gasteiger partial charge in [0.25, 0.3) is 5.56 Å². The van der Waals surface area contributed by atoms with E-state index in [0.717, 1.165) is 40.0 Å². The van der Waals surface area contributed by atoms with Gasteiger partial charge in [-0.05, 0) is 72.2 Å². The number of fused-ring (bicyclic) bond motifs is 1. The van der Waals surface area contributed by atoms with Crippen LogP contribution >= 0.6 is 0 Å². The van der Waals surface area contributed by atoms with Crippen molar-refractivity contribution in [3.63, 3.8) is 0 Å². The topological polar surface area (TPSA) is 106 Å². The number of rotatable bonds is 9. The van der Waals surface area contributed by atoms with Crippen molar-refractivity contribution < 1.29 is 8.83 Å². The van der Waals surface area contributed by atoms with Gasteiger partial charge < -0.3 is 13.8 Å². The summed E-state index contributed by atoms with van der Waals surface area (Å²) in [5.74, 6) is 2.28. The normalized spacial score (nSPS) is 12.6. The summed E-state index contributed by atoms with van der Waals surface area (Å²) in [5, 5.41) is 13.6. The number of nitrogens with one attached hydrogen (secondary N) is 1. The lowest BCUT2D eigenvalue weighted by atomic mass is 10.0. The second kappa shape index (κ2) is 9.71. The van der Waals surface area contributed by atoms with Crippen LogP contribution in [0.1, 0.15) is 53.4 Å². The highest BCUT2D eigenvalue weighted by Gasteiger charge is 2.27. The van der Waals surface area contributed by atoms with Crippen LogP contribution < -0.4 is 5.56 Å². The molecule has 0 amide bonds. The first-order valence-corrected chi connectivity index (χ1v) is 11.7. The summed E-state index contributed by atoms with van der Waals surface area (Å²) in [6.45, 7) is 7.49. The minimum absolute atomic E-state index is 0.0966. The van der Waals surface area contributed by atoms with Gasteiger partial charge in [-0.2, -0.15) is 0 Å². The molecule has 0 saturated heterocycles. The Balaban J connectivity index is 1.53. The van der Waals surface area contributed by atoms with E-state index >= 15 is 0 Å². The van der Waals surface area contributed by atoms with Gasteiger partial charge in [0, 0.05) is 17.5 Å². The Morgan fingerprint density at radius 3 is 2.49 bits per heavy atom. The number of hydrogen-bond acceptors (Lipinski definition) is 7. The maximum atomic E-state index is 13.1. The number of aromatic nitrogens is 5. The fourth-order valence-electron chi connectivity index (χ4n) is 4.55. The number of aryl methyl sites for hydroxylation is 2. The lowest BCUT2D eigenvalue weighted by molar-refractivity contribution is 0.149. The van der Waals surface area contributed by atoms with Crippen molar-refractivity contribution in [2.45, 2.75) is 52.9 Å². The molecule has 4 aromatic heterocycles. The van der Waals surface area contributed by atoms with Gasteiger partial charge in [0.05, 0.1) is 30.6 Å². The lowest BCUT2D eigenvalue weighted by Crippen LogP contribution is -2.32. The lowest BCUT2D eigenvalue weighted by Gasteiger charge is -2.29. The molecule has 0 bridgehead atoms. The zero-order valence-electron chi connectivity index (χ0n) is 20.1. The molecule has 4 heterocycles. The Morgan fingerprint density at radius 2 is 1.77 bits per heavy atom. The SMILES string of the molecule is CC[C@@H](c1nnnn1Cc1ccco1)N(Cc1ccco1)Cc1cc2c(C)ccc(C)c2[nH]c1=O. The molecule has 180 valence electrons. The van der Waals surface area contributed by atoms with Gasteiger partial charge in [-0.15, -0.1) is 5.10 Å². The van der Waals surface area contributed by atoms with Crippen molar-refractivity contribution in [1.82, 2.24) is 30.1 Å². The molecule has 0 unspecified atom stereocenters. The maximum Gasteiger partial charge on any atom is 0.252 e. The Hall–Kier alpha value is -3.98. The van der Waals surface area contributed by atoms with Crippen molar-refractivity contribution in [1.29, 1.82) is 0 Å². The van der Waals surface area contributed by atoms with Crippen LogP contribution in [0.3, 0.4) is 0 Å². The monoisotopic (exact) mass is 472 g/mol. The molecule has 0 aliphatic heterocycles. The second-order valence-electron chi connectivity index (χ2n) is 8.79. The average molecular weight is 473 g/mol. The highest BCUT2D eigenvalue weighted by atomic mass is 16.3. The van der Waals surface area contributed by atoms with Gasteiger partial charge in [0.15, 0.2) is 5.82 Å². The third kappa shape index (κ3) is 4.67. The quantitative estimate of drug-likeness (QED) is 0.336. The molecule has 0 fully saturated rings. The number of benzene rings is 1. The largest absolute Gasteiger partial charge is 0.468 e. The van der Waals surface area contributed by atoms with Gasteiger partial charge in [0.2, 0.25) is 0 Å². The minimum Gasteiger partial charge on any atom is -0.468 e. The third-order valence-corrected chi connectivity index (χ3v) is 6.40. The first-order valence-electron chi connectivity index (χ1n) is 11.7. The number of nitrogens with zero attached hydrogens (tertiary/aromatic N) is 5. The van der Waals surface area contributed by atoms with E-state index in [2.05, 4.69) is 45.3 Å². The van der Waals surface area contributed by atoms with Crippen LogP contribution in [0.5, 0.6) is 0 Å². The third-order valence-electron chi connectivity index (χ3n) is 6.40. The average Bonchev–Trinajstić information content (AvgIpc) is 3.63. The number of aromatic amines is 1. The zero-order chi connectivity index (χ0) is 24.4. The van der Waals surface area contributed by atoms with Gasteiger partial charge in [-0.1, -0.05) is 19.1 Å². The van der Waals surface area contributed by atoms with E-state index in [1.54, 1.807) is 17.2 Å². The molecule has 1 aromatic carbocycles. The summed E-state index contributed by atoms with van der Waals surface area (Å²) in [7, 11) is 0. The van der Waals surface area contributed by atoms with Crippen LogP contribution in [0.2, 0.25) is 0 Å². The summed E-state index contributed by atoms with van der Waals surface area (Å²) in [5.41, 5.74) is 3.63. The number of H-pyrrole nitrogens is 1. The Morgan fingerprint density at radius 1 is 1.03 bits per heavy atom. The molecular weight excluding hydrogens is 444 g/mol. The van der Waals surface area contributed by atoms with Crippen LogP contribution in [0.4, 0.5) is 0 Å².